The zero-order valence-corrected chi connectivity index (χ0v) is 14.5. The van der Waals surface area contributed by atoms with Crippen LogP contribution in [-0.2, 0) is 17.8 Å². The Labute approximate surface area is 145 Å². The highest BCUT2D eigenvalue weighted by Gasteiger charge is 2.14. The molecule has 7 nitrogen and oxygen atoms in total. The van der Waals surface area contributed by atoms with Crippen molar-refractivity contribution in [3.8, 4) is 0 Å². The molecule has 2 rings (SSSR count). The van der Waals surface area contributed by atoms with Gasteiger partial charge in [-0.15, -0.1) is 0 Å². The Morgan fingerprint density at radius 3 is 2.75 bits per heavy atom. The molecular formula is C16H19ClN4O3. The van der Waals surface area contributed by atoms with E-state index < -0.39 is 5.97 Å². The largest absolute Gasteiger partial charge is 0.465 e. The molecule has 0 aliphatic heterocycles. The average molecular weight is 351 g/mol. The number of esters is 1. The van der Waals surface area contributed by atoms with Crippen LogP contribution in [0.15, 0.2) is 30.6 Å². The summed E-state index contributed by atoms with van der Waals surface area (Å²) in [7, 11) is 2.97. The molecule has 0 saturated heterocycles. The molecule has 0 aliphatic rings. The van der Waals surface area contributed by atoms with Gasteiger partial charge >= 0.3 is 12.0 Å². The first-order chi connectivity index (χ1) is 11.4. The van der Waals surface area contributed by atoms with Gasteiger partial charge in [0.2, 0.25) is 0 Å². The first kappa shape index (κ1) is 17.8. The fraction of sp³-hybridized carbons (Fsp3) is 0.312. The van der Waals surface area contributed by atoms with Crippen molar-refractivity contribution >= 4 is 29.3 Å². The molecule has 0 atom stereocenters. The molecule has 0 bridgehead atoms. The van der Waals surface area contributed by atoms with Crippen molar-refractivity contribution in [2.75, 3.05) is 19.5 Å². The van der Waals surface area contributed by atoms with Crippen molar-refractivity contribution in [1.29, 1.82) is 0 Å². The van der Waals surface area contributed by atoms with E-state index in [1.807, 2.05) is 13.1 Å². The van der Waals surface area contributed by atoms with Gasteiger partial charge in [0.05, 0.1) is 36.1 Å². The molecule has 2 amide bonds. The molecule has 1 aromatic carbocycles. The van der Waals surface area contributed by atoms with Crippen molar-refractivity contribution in [2.45, 2.75) is 20.0 Å². The summed E-state index contributed by atoms with van der Waals surface area (Å²) >= 11 is 6.11. The van der Waals surface area contributed by atoms with Crippen LogP contribution in [0.2, 0.25) is 5.02 Å². The van der Waals surface area contributed by atoms with Crippen LogP contribution < -0.4 is 5.32 Å². The second-order valence-corrected chi connectivity index (χ2v) is 5.58. The van der Waals surface area contributed by atoms with Gasteiger partial charge in [-0.05, 0) is 25.1 Å². The number of benzene rings is 1. The third-order valence-corrected chi connectivity index (χ3v) is 3.72. The summed E-state index contributed by atoms with van der Waals surface area (Å²) in [5.74, 6) is -0.486. The Hall–Kier alpha value is -2.54. The second-order valence-electron chi connectivity index (χ2n) is 5.18. The number of anilines is 1. The summed E-state index contributed by atoms with van der Waals surface area (Å²) < 4.78 is 6.42. The third-order valence-electron chi connectivity index (χ3n) is 3.41. The molecule has 24 heavy (non-hydrogen) atoms. The van der Waals surface area contributed by atoms with E-state index in [9.17, 15) is 9.59 Å². The number of carbonyl (C=O) groups is 2. The third kappa shape index (κ3) is 4.26. The minimum absolute atomic E-state index is 0.262. The minimum atomic E-state index is -0.486. The van der Waals surface area contributed by atoms with Crippen LogP contribution >= 0.6 is 11.6 Å². The highest BCUT2D eigenvalue weighted by Crippen LogP contribution is 2.23. The van der Waals surface area contributed by atoms with Gasteiger partial charge in [-0.2, -0.15) is 5.10 Å². The highest BCUT2D eigenvalue weighted by atomic mass is 35.5. The maximum atomic E-state index is 12.3. The van der Waals surface area contributed by atoms with E-state index in [1.54, 1.807) is 30.1 Å². The van der Waals surface area contributed by atoms with Gasteiger partial charge in [0, 0.05) is 25.4 Å². The Balaban J connectivity index is 2.01. The number of halogens is 1. The van der Waals surface area contributed by atoms with Gasteiger partial charge < -0.3 is 15.0 Å². The lowest BCUT2D eigenvalue weighted by molar-refractivity contribution is 0.0600. The first-order valence-electron chi connectivity index (χ1n) is 7.36. The number of hydrogen-bond donors (Lipinski definition) is 1. The van der Waals surface area contributed by atoms with Crippen molar-refractivity contribution in [1.82, 2.24) is 14.7 Å². The average Bonchev–Trinajstić information content (AvgIpc) is 3.03. The number of hydrogen-bond acceptors (Lipinski definition) is 4. The van der Waals surface area contributed by atoms with Crippen LogP contribution in [-0.4, -0.2) is 40.8 Å². The van der Waals surface area contributed by atoms with Gasteiger partial charge in [-0.25, -0.2) is 9.59 Å². The summed E-state index contributed by atoms with van der Waals surface area (Å²) in [6.07, 6.45) is 3.62. The quantitative estimate of drug-likeness (QED) is 0.841. The second kappa shape index (κ2) is 7.83. The molecule has 0 radical (unpaired) electrons. The maximum absolute atomic E-state index is 12.3. The number of aryl methyl sites for hydroxylation is 1. The van der Waals surface area contributed by atoms with Crippen LogP contribution in [0.4, 0.5) is 10.5 Å². The van der Waals surface area contributed by atoms with Crippen molar-refractivity contribution < 1.29 is 14.3 Å². The summed E-state index contributed by atoms with van der Waals surface area (Å²) in [5, 5.41) is 7.15. The normalized spacial score (nSPS) is 10.3. The van der Waals surface area contributed by atoms with Gasteiger partial charge in [0.25, 0.3) is 0 Å². The van der Waals surface area contributed by atoms with Crippen LogP contribution in [0.25, 0.3) is 0 Å². The number of amides is 2. The fourth-order valence-corrected chi connectivity index (χ4v) is 2.31. The number of carbonyl (C=O) groups excluding carboxylic acids is 2. The lowest BCUT2D eigenvalue weighted by atomic mass is 10.2. The predicted octanol–water partition coefficient (Wildman–Crippen LogP) is 3.01. The molecule has 1 heterocycles. The smallest absolute Gasteiger partial charge is 0.337 e. The highest BCUT2D eigenvalue weighted by molar-refractivity contribution is 6.34. The molecule has 0 unspecified atom stereocenters. The summed E-state index contributed by atoms with van der Waals surface area (Å²) in [5.41, 5.74) is 1.67. The molecule has 0 saturated carbocycles. The van der Waals surface area contributed by atoms with Crippen molar-refractivity contribution in [3.05, 3.63) is 46.7 Å². The number of ether oxygens (including phenoxy) is 1. The Bertz CT molecular complexity index is 745. The Morgan fingerprint density at radius 1 is 1.42 bits per heavy atom. The van der Waals surface area contributed by atoms with Crippen LogP contribution in [0.5, 0.6) is 0 Å². The summed E-state index contributed by atoms with van der Waals surface area (Å²) in [6, 6.07) is 4.24. The lowest BCUT2D eigenvalue weighted by Gasteiger charge is -2.18. The van der Waals surface area contributed by atoms with E-state index in [0.29, 0.717) is 17.8 Å². The zero-order chi connectivity index (χ0) is 17.7. The fourth-order valence-electron chi connectivity index (χ4n) is 2.08. The molecule has 2 aromatic rings. The van der Waals surface area contributed by atoms with Gasteiger partial charge in [0.1, 0.15) is 0 Å². The molecular weight excluding hydrogens is 332 g/mol. The molecule has 1 N–H and O–H groups in total. The number of methoxy groups -OCH3 is 1. The molecule has 0 fully saturated rings. The van der Waals surface area contributed by atoms with E-state index >= 15 is 0 Å². The number of rotatable bonds is 5. The molecule has 0 spiro atoms. The van der Waals surface area contributed by atoms with Crippen LogP contribution in [0.1, 0.15) is 22.8 Å². The van der Waals surface area contributed by atoms with Crippen molar-refractivity contribution in [3.63, 3.8) is 0 Å². The van der Waals surface area contributed by atoms with E-state index in [4.69, 9.17) is 11.6 Å². The van der Waals surface area contributed by atoms with Crippen LogP contribution in [0.3, 0.4) is 0 Å². The Kier molecular flexibility index (Phi) is 5.81. The van der Waals surface area contributed by atoms with E-state index in [2.05, 4.69) is 15.2 Å². The van der Waals surface area contributed by atoms with E-state index in [-0.39, 0.29) is 11.1 Å². The molecule has 8 heteroatoms. The lowest BCUT2D eigenvalue weighted by Crippen LogP contribution is -2.30. The van der Waals surface area contributed by atoms with Crippen LogP contribution in [0, 0.1) is 0 Å². The summed E-state index contributed by atoms with van der Waals surface area (Å²) in [6.45, 7) is 3.19. The molecule has 128 valence electrons. The van der Waals surface area contributed by atoms with Crippen molar-refractivity contribution in [2.24, 2.45) is 0 Å². The van der Waals surface area contributed by atoms with Gasteiger partial charge in [-0.1, -0.05) is 11.6 Å². The Morgan fingerprint density at radius 2 is 2.17 bits per heavy atom. The SMILES string of the molecule is CCn1cc(CN(C)C(=O)Nc2ccc(C(=O)OC)cc2Cl)cn1. The van der Waals surface area contributed by atoms with Gasteiger partial charge in [0.15, 0.2) is 0 Å². The molecule has 1 aromatic heterocycles. The maximum Gasteiger partial charge on any atom is 0.337 e. The van der Waals surface area contributed by atoms with Gasteiger partial charge in [-0.3, -0.25) is 4.68 Å². The summed E-state index contributed by atoms with van der Waals surface area (Å²) in [4.78, 5) is 25.2. The minimum Gasteiger partial charge on any atom is -0.465 e. The molecule has 0 aliphatic carbocycles. The number of nitrogens with one attached hydrogen (secondary N) is 1. The number of urea groups is 1. The predicted molar refractivity (Wildman–Crippen MR) is 91.2 cm³/mol. The monoisotopic (exact) mass is 350 g/mol. The van der Waals surface area contributed by atoms with E-state index in [1.165, 1.54) is 18.1 Å². The standard InChI is InChI=1S/C16H19ClN4O3/c1-4-21-10-11(8-18-21)9-20(2)16(23)19-14-6-5-12(7-13(14)17)15(22)24-3/h5-8,10H,4,9H2,1-3H3,(H,19,23). The number of nitrogens with zero attached hydrogens (tertiary/aromatic N) is 3. The zero-order valence-electron chi connectivity index (χ0n) is 13.7. The number of aromatic nitrogens is 2. The first-order valence-corrected chi connectivity index (χ1v) is 7.73. The van der Waals surface area contributed by atoms with E-state index in [0.717, 1.165) is 12.1 Å². The topological polar surface area (TPSA) is 76.5 Å².